The van der Waals surface area contributed by atoms with Gasteiger partial charge in [0, 0.05) is 0 Å². The summed E-state index contributed by atoms with van der Waals surface area (Å²) in [6.45, 7) is 0. The second-order valence-corrected chi connectivity index (χ2v) is 4.01. The van der Waals surface area contributed by atoms with Gasteiger partial charge in [-0.3, -0.25) is 0 Å². The highest BCUT2D eigenvalue weighted by atomic mass is 14.3. The highest BCUT2D eigenvalue weighted by molar-refractivity contribution is 5.15. The molecule has 0 aromatic carbocycles. The zero-order valence-corrected chi connectivity index (χ0v) is 7.42. The van der Waals surface area contributed by atoms with Crippen LogP contribution in [0.5, 0.6) is 0 Å². The number of rotatable bonds is 0. The van der Waals surface area contributed by atoms with E-state index in [2.05, 4.69) is 12.1 Å². The second-order valence-electron chi connectivity index (χ2n) is 4.01. The fourth-order valence-corrected chi connectivity index (χ4v) is 2.48. The Morgan fingerprint density at radius 3 is 3.08 bits per heavy atom. The van der Waals surface area contributed by atoms with Crippen LogP contribution in [-0.4, -0.2) is 0 Å². The van der Waals surface area contributed by atoms with Gasteiger partial charge in [-0.2, -0.15) is 5.26 Å². The molecule has 2 unspecified atom stereocenters. The molecule has 2 aliphatic carbocycles. The Hall–Kier alpha value is -0.770. The molecule has 1 heteroatoms. The van der Waals surface area contributed by atoms with Gasteiger partial charge >= 0.3 is 0 Å². The molecule has 0 bridgehead atoms. The summed E-state index contributed by atoms with van der Waals surface area (Å²) < 4.78 is 0. The number of hydrogen-bond donors (Lipinski definition) is 0. The average Bonchev–Trinajstić information content (AvgIpc) is 2.17. The Labute approximate surface area is 74.1 Å². The fourth-order valence-electron chi connectivity index (χ4n) is 2.48. The van der Waals surface area contributed by atoms with Crippen molar-refractivity contribution in [2.45, 2.75) is 38.5 Å². The van der Waals surface area contributed by atoms with E-state index in [4.69, 9.17) is 5.26 Å². The Morgan fingerprint density at radius 2 is 2.25 bits per heavy atom. The molecule has 2 rings (SSSR count). The number of hydrogen-bond acceptors (Lipinski definition) is 1. The lowest BCUT2D eigenvalue weighted by Gasteiger charge is -2.30. The lowest BCUT2D eigenvalue weighted by atomic mass is 9.74. The standard InChI is InChI=1S/C11H15N/c12-8-9-5-6-10-3-1-2-4-11(10)7-9/h4,9-10H,1-3,5-7H2. The van der Waals surface area contributed by atoms with Crippen LogP contribution in [0.25, 0.3) is 0 Å². The van der Waals surface area contributed by atoms with E-state index in [9.17, 15) is 0 Å². The number of allylic oxidation sites excluding steroid dienone is 2. The quantitative estimate of drug-likeness (QED) is 0.501. The molecule has 1 saturated carbocycles. The van der Waals surface area contributed by atoms with Crippen LogP contribution in [-0.2, 0) is 0 Å². The molecule has 1 fully saturated rings. The summed E-state index contributed by atoms with van der Waals surface area (Å²) in [5, 5.41) is 8.80. The number of nitrogens with zero attached hydrogens (tertiary/aromatic N) is 1. The zero-order valence-electron chi connectivity index (χ0n) is 7.42. The molecule has 64 valence electrons. The van der Waals surface area contributed by atoms with Crippen LogP contribution in [0, 0.1) is 23.2 Å². The molecular weight excluding hydrogens is 146 g/mol. The molecule has 0 aliphatic heterocycles. The molecule has 2 aliphatic rings. The van der Waals surface area contributed by atoms with Crippen LogP contribution in [0.15, 0.2) is 11.6 Å². The third kappa shape index (κ3) is 1.39. The molecule has 12 heavy (non-hydrogen) atoms. The molecular formula is C11H15N. The first-order valence-electron chi connectivity index (χ1n) is 4.98. The van der Waals surface area contributed by atoms with Gasteiger partial charge in [0.15, 0.2) is 0 Å². The van der Waals surface area contributed by atoms with Crippen LogP contribution in [0.3, 0.4) is 0 Å². The molecule has 2 atom stereocenters. The molecule has 1 nitrogen and oxygen atoms in total. The minimum absolute atomic E-state index is 0.325. The van der Waals surface area contributed by atoms with E-state index >= 15 is 0 Å². The van der Waals surface area contributed by atoms with E-state index in [1.807, 2.05) is 0 Å². The Kier molecular flexibility index (Phi) is 2.17. The summed E-state index contributed by atoms with van der Waals surface area (Å²) in [6, 6.07) is 2.40. The van der Waals surface area contributed by atoms with Crippen molar-refractivity contribution in [2.75, 3.05) is 0 Å². The van der Waals surface area contributed by atoms with Crippen LogP contribution in [0.1, 0.15) is 38.5 Å². The predicted octanol–water partition coefficient (Wildman–Crippen LogP) is 3.04. The van der Waals surface area contributed by atoms with Gasteiger partial charge in [-0.15, -0.1) is 0 Å². The monoisotopic (exact) mass is 161 g/mol. The summed E-state index contributed by atoms with van der Waals surface area (Å²) in [7, 11) is 0. The Bertz CT molecular complexity index is 234. The van der Waals surface area contributed by atoms with E-state index < -0.39 is 0 Å². The topological polar surface area (TPSA) is 23.8 Å². The SMILES string of the molecule is N#CC1CCC2CCCC=C2C1. The van der Waals surface area contributed by atoms with Gasteiger partial charge in [-0.25, -0.2) is 0 Å². The highest BCUT2D eigenvalue weighted by Gasteiger charge is 2.26. The van der Waals surface area contributed by atoms with E-state index in [1.54, 1.807) is 5.57 Å². The first-order valence-corrected chi connectivity index (χ1v) is 4.98. The average molecular weight is 161 g/mol. The third-order valence-corrected chi connectivity index (χ3v) is 3.22. The maximum absolute atomic E-state index is 8.80. The molecule has 0 N–H and O–H groups in total. The minimum Gasteiger partial charge on any atom is -0.198 e. The third-order valence-electron chi connectivity index (χ3n) is 3.22. The van der Waals surface area contributed by atoms with Gasteiger partial charge in [-0.05, 0) is 44.4 Å². The van der Waals surface area contributed by atoms with Crippen LogP contribution in [0.4, 0.5) is 0 Å². The van der Waals surface area contributed by atoms with E-state index in [1.165, 1.54) is 25.7 Å². The van der Waals surface area contributed by atoms with Crippen molar-refractivity contribution in [1.29, 1.82) is 5.26 Å². The fraction of sp³-hybridized carbons (Fsp3) is 0.727. The van der Waals surface area contributed by atoms with Gasteiger partial charge in [0.1, 0.15) is 0 Å². The van der Waals surface area contributed by atoms with Crippen molar-refractivity contribution < 1.29 is 0 Å². The van der Waals surface area contributed by atoms with Crippen molar-refractivity contribution in [3.63, 3.8) is 0 Å². The summed E-state index contributed by atoms with van der Waals surface area (Å²) in [6.07, 6.45) is 9.86. The normalized spacial score (nSPS) is 34.8. The van der Waals surface area contributed by atoms with Gasteiger partial charge in [0.05, 0.1) is 12.0 Å². The van der Waals surface area contributed by atoms with Crippen molar-refractivity contribution in [3.05, 3.63) is 11.6 Å². The highest BCUT2D eigenvalue weighted by Crippen LogP contribution is 2.38. The van der Waals surface area contributed by atoms with Crippen molar-refractivity contribution in [2.24, 2.45) is 11.8 Å². The number of fused-ring (bicyclic) bond motifs is 1. The summed E-state index contributed by atoms with van der Waals surface area (Å²) in [5.74, 6) is 1.17. The molecule has 0 heterocycles. The van der Waals surface area contributed by atoms with Gasteiger partial charge in [0.25, 0.3) is 0 Å². The molecule has 0 saturated heterocycles. The lowest BCUT2D eigenvalue weighted by Crippen LogP contribution is -2.18. The minimum atomic E-state index is 0.325. The predicted molar refractivity (Wildman–Crippen MR) is 48.4 cm³/mol. The summed E-state index contributed by atoms with van der Waals surface area (Å²) in [5.41, 5.74) is 1.60. The second kappa shape index (κ2) is 3.31. The van der Waals surface area contributed by atoms with Crippen LogP contribution < -0.4 is 0 Å². The lowest BCUT2D eigenvalue weighted by molar-refractivity contribution is 0.363. The molecule has 0 aromatic rings. The van der Waals surface area contributed by atoms with Crippen LogP contribution >= 0.6 is 0 Å². The molecule has 0 radical (unpaired) electrons. The summed E-state index contributed by atoms with van der Waals surface area (Å²) >= 11 is 0. The molecule has 0 spiro atoms. The number of nitriles is 1. The first kappa shape index (κ1) is 7.86. The molecule has 0 aromatic heterocycles. The maximum atomic E-state index is 8.80. The Balaban J connectivity index is 2.07. The largest absolute Gasteiger partial charge is 0.198 e. The summed E-state index contributed by atoms with van der Waals surface area (Å²) in [4.78, 5) is 0. The van der Waals surface area contributed by atoms with E-state index in [0.29, 0.717) is 5.92 Å². The van der Waals surface area contributed by atoms with Gasteiger partial charge in [-0.1, -0.05) is 11.6 Å². The Morgan fingerprint density at radius 1 is 1.33 bits per heavy atom. The maximum Gasteiger partial charge on any atom is 0.0659 e. The van der Waals surface area contributed by atoms with Gasteiger partial charge in [0.2, 0.25) is 0 Å². The van der Waals surface area contributed by atoms with Gasteiger partial charge < -0.3 is 0 Å². The smallest absolute Gasteiger partial charge is 0.0659 e. The van der Waals surface area contributed by atoms with Crippen molar-refractivity contribution in [3.8, 4) is 6.07 Å². The zero-order chi connectivity index (χ0) is 8.39. The van der Waals surface area contributed by atoms with E-state index in [-0.39, 0.29) is 0 Å². The van der Waals surface area contributed by atoms with Crippen molar-refractivity contribution >= 4 is 0 Å². The molecule has 0 amide bonds. The first-order chi connectivity index (χ1) is 5.90. The van der Waals surface area contributed by atoms with Crippen molar-refractivity contribution in [1.82, 2.24) is 0 Å². The van der Waals surface area contributed by atoms with Crippen LogP contribution in [0.2, 0.25) is 0 Å². The van der Waals surface area contributed by atoms with E-state index in [0.717, 1.165) is 18.8 Å².